The van der Waals surface area contributed by atoms with Gasteiger partial charge in [-0.1, -0.05) is 26.7 Å². The highest BCUT2D eigenvalue weighted by Gasteiger charge is 2.30. The van der Waals surface area contributed by atoms with E-state index in [2.05, 4.69) is 13.8 Å². The van der Waals surface area contributed by atoms with Crippen LogP contribution < -0.4 is 9.47 Å². The monoisotopic (exact) mass is 254 g/mol. The number of hydrogen-bond donors (Lipinski definition) is 0. The van der Waals surface area contributed by atoms with E-state index in [4.69, 9.17) is 9.47 Å². The second-order valence-corrected chi connectivity index (χ2v) is 5.44. The van der Waals surface area contributed by atoms with Crippen LogP contribution >= 0.6 is 11.3 Å². The van der Waals surface area contributed by atoms with E-state index >= 15 is 0 Å². The van der Waals surface area contributed by atoms with E-state index in [0.29, 0.717) is 0 Å². The maximum atomic E-state index is 6.07. The van der Waals surface area contributed by atoms with Crippen LogP contribution in [0.1, 0.15) is 52.4 Å². The molecule has 2 atom stereocenters. The molecule has 1 aliphatic rings. The Bertz CT molecular complexity index is 304. The van der Waals surface area contributed by atoms with Crippen molar-refractivity contribution in [3.63, 3.8) is 0 Å². The molecule has 0 aromatic carbocycles. The molecule has 3 heteroatoms. The average molecular weight is 254 g/mol. The summed E-state index contributed by atoms with van der Waals surface area (Å²) < 4.78 is 12.1. The molecule has 1 aliphatic heterocycles. The molecule has 0 aliphatic carbocycles. The van der Waals surface area contributed by atoms with Gasteiger partial charge in [0.2, 0.25) is 0 Å². The van der Waals surface area contributed by atoms with Crippen LogP contribution in [-0.2, 0) is 0 Å². The van der Waals surface area contributed by atoms with Crippen molar-refractivity contribution in [1.82, 2.24) is 0 Å². The topological polar surface area (TPSA) is 18.5 Å². The Morgan fingerprint density at radius 3 is 1.82 bits per heavy atom. The summed E-state index contributed by atoms with van der Waals surface area (Å²) in [5, 5.41) is 4.09. The van der Waals surface area contributed by atoms with Gasteiger partial charge in [-0.15, -0.1) is 11.3 Å². The van der Waals surface area contributed by atoms with Crippen LogP contribution in [-0.4, -0.2) is 12.2 Å². The van der Waals surface area contributed by atoms with Gasteiger partial charge in [0, 0.05) is 10.8 Å². The first-order valence-electron chi connectivity index (χ1n) is 6.74. The molecule has 1 aromatic rings. The zero-order chi connectivity index (χ0) is 12.1. The number of hydrogen-bond acceptors (Lipinski definition) is 3. The molecule has 0 bridgehead atoms. The predicted octanol–water partition coefficient (Wildman–Crippen LogP) is 4.64. The third-order valence-corrected chi connectivity index (χ3v) is 3.95. The molecule has 2 rings (SSSR count). The smallest absolute Gasteiger partial charge is 0.172 e. The van der Waals surface area contributed by atoms with Crippen LogP contribution in [0.5, 0.6) is 11.5 Å². The summed E-state index contributed by atoms with van der Waals surface area (Å²) in [6.07, 6.45) is 7.60. The van der Waals surface area contributed by atoms with Gasteiger partial charge in [0.25, 0.3) is 0 Å². The molecule has 0 saturated heterocycles. The highest BCUT2D eigenvalue weighted by molar-refractivity contribution is 7.08. The van der Waals surface area contributed by atoms with Crippen molar-refractivity contribution in [1.29, 1.82) is 0 Å². The van der Waals surface area contributed by atoms with Crippen LogP contribution in [0.2, 0.25) is 0 Å². The van der Waals surface area contributed by atoms with Crippen LogP contribution in [0.4, 0.5) is 0 Å². The Kier molecular flexibility index (Phi) is 4.72. The minimum absolute atomic E-state index is 0.253. The standard InChI is InChI=1S/C14H22O2S/c1-3-5-7-11-12(8-6-4-2)16-14-10-17-9-13(14)15-11/h9-12H,3-8H2,1-2H3. The summed E-state index contributed by atoms with van der Waals surface area (Å²) in [6, 6.07) is 0. The second-order valence-electron chi connectivity index (χ2n) is 4.70. The molecule has 2 nitrogen and oxygen atoms in total. The van der Waals surface area contributed by atoms with Crippen LogP contribution in [0, 0.1) is 0 Å². The molecule has 0 spiro atoms. The van der Waals surface area contributed by atoms with Crippen molar-refractivity contribution in [3.8, 4) is 11.5 Å². The zero-order valence-electron chi connectivity index (χ0n) is 10.8. The summed E-state index contributed by atoms with van der Waals surface area (Å²) in [5.74, 6) is 1.90. The fourth-order valence-corrected chi connectivity index (χ4v) is 2.88. The largest absolute Gasteiger partial charge is 0.482 e. The van der Waals surface area contributed by atoms with Crippen molar-refractivity contribution < 1.29 is 9.47 Å². The molecule has 96 valence electrons. The molecule has 0 amide bonds. The van der Waals surface area contributed by atoms with Gasteiger partial charge in [-0.2, -0.15) is 0 Å². The normalized spacial score (nSPS) is 22.7. The quantitative estimate of drug-likeness (QED) is 0.736. The lowest BCUT2D eigenvalue weighted by atomic mass is 10.0. The third kappa shape index (κ3) is 3.15. The van der Waals surface area contributed by atoms with Crippen molar-refractivity contribution in [2.75, 3.05) is 0 Å². The van der Waals surface area contributed by atoms with Crippen LogP contribution in [0.25, 0.3) is 0 Å². The summed E-state index contributed by atoms with van der Waals surface area (Å²) in [5.41, 5.74) is 0. The molecule has 1 aromatic heterocycles. The highest BCUT2D eigenvalue weighted by Crippen LogP contribution is 2.39. The maximum Gasteiger partial charge on any atom is 0.172 e. The van der Waals surface area contributed by atoms with Gasteiger partial charge >= 0.3 is 0 Å². The minimum Gasteiger partial charge on any atom is -0.482 e. The number of ether oxygens (including phenoxy) is 2. The van der Waals surface area contributed by atoms with Crippen molar-refractivity contribution >= 4 is 11.3 Å². The van der Waals surface area contributed by atoms with Crippen molar-refractivity contribution in [2.24, 2.45) is 0 Å². The fourth-order valence-electron chi connectivity index (χ4n) is 2.22. The third-order valence-electron chi connectivity index (χ3n) is 3.25. The van der Waals surface area contributed by atoms with Crippen molar-refractivity contribution in [3.05, 3.63) is 10.8 Å². The van der Waals surface area contributed by atoms with Crippen molar-refractivity contribution in [2.45, 2.75) is 64.6 Å². The number of thiophene rings is 1. The van der Waals surface area contributed by atoms with E-state index in [0.717, 1.165) is 24.3 Å². The summed E-state index contributed by atoms with van der Waals surface area (Å²) in [6.45, 7) is 4.45. The van der Waals surface area contributed by atoms with Gasteiger partial charge in [-0.05, 0) is 25.7 Å². The summed E-state index contributed by atoms with van der Waals surface area (Å²) in [7, 11) is 0. The zero-order valence-corrected chi connectivity index (χ0v) is 11.6. The first-order valence-corrected chi connectivity index (χ1v) is 7.69. The van der Waals surface area contributed by atoms with E-state index in [1.165, 1.54) is 25.7 Å². The Balaban J connectivity index is 2.00. The molecule has 0 N–H and O–H groups in total. The first-order chi connectivity index (χ1) is 8.35. The predicted molar refractivity (Wildman–Crippen MR) is 72.2 cm³/mol. The van der Waals surface area contributed by atoms with E-state index in [1.54, 1.807) is 11.3 Å². The Labute approximate surface area is 108 Å². The van der Waals surface area contributed by atoms with Gasteiger partial charge < -0.3 is 9.47 Å². The number of rotatable bonds is 6. The highest BCUT2D eigenvalue weighted by atomic mass is 32.1. The maximum absolute atomic E-state index is 6.07. The molecule has 0 radical (unpaired) electrons. The van der Waals surface area contributed by atoms with Gasteiger partial charge in [0.1, 0.15) is 12.2 Å². The SMILES string of the molecule is CCCCC1Oc2cscc2OC1CCCC. The molecule has 2 unspecified atom stereocenters. The van der Waals surface area contributed by atoms with Gasteiger partial charge in [0.15, 0.2) is 11.5 Å². The Morgan fingerprint density at radius 2 is 1.41 bits per heavy atom. The van der Waals surface area contributed by atoms with E-state index in [-0.39, 0.29) is 12.2 Å². The average Bonchev–Trinajstić information content (AvgIpc) is 2.80. The van der Waals surface area contributed by atoms with Crippen LogP contribution in [0.15, 0.2) is 10.8 Å². The molecule has 0 fully saturated rings. The molecule has 17 heavy (non-hydrogen) atoms. The molecule has 0 saturated carbocycles. The Morgan fingerprint density at radius 1 is 0.941 bits per heavy atom. The fraction of sp³-hybridized carbons (Fsp3) is 0.714. The Hall–Kier alpha value is -0.700. The summed E-state index contributed by atoms with van der Waals surface area (Å²) in [4.78, 5) is 0. The van der Waals surface area contributed by atoms with E-state index < -0.39 is 0 Å². The second kappa shape index (κ2) is 6.29. The molecule has 2 heterocycles. The van der Waals surface area contributed by atoms with Crippen LogP contribution in [0.3, 0.4) is 0 Å². The van der Waals surface area contributed by atoms with Gasteiger partial charge in [-0.25, -0.2) is 0 Å². The first kappa shape index (κ1) is 12.7. The molecular weight excluding hydrogens is 232 g/mol. The number of fused-ring (bicyclic) bond motifs is 1. The molecular formula is C14H22O2S. The van der Waals surface area contributed by atoms with E-state index in [1.807, 2.05) is 10.8 Å². The van der Waals surface area contributed by atoms with E-state index in [9.17, 15) is 0 Å². The van der Waals surface area contributed by atoms with Gasteiger partial charge in [0.05, 0.1) is 0 Å². The number of unbranched alkanes of at least 4 members (excludes halogenated alkanes) is 2. The summed E-state index contributed by atoms with van der Waals surface area (Å²) >= 11 is 1.66. The minimum atomic E-state index is 0.253. The lowest BCUT2D eigenvalue weighted by Gasteiger charge is -2.32. The lowest BCUT2D eigenvalue weighted by Crippen LogP contribution is -2.39. The van der Waals surface area contributed by atoms with Gasteiger partial charge in [-0.3, -0.25) is 0 Å². The lowest BCUT2D eigenvalue weighted by molar-refractivity contribution is 0.0104.